The van der Waals surface area contributed by atoms with Crippen LogP contribution >= 0.6 is 0 Å². The first-order valence-electron chi connectivity index (χ1n) is 4.97. The number of rotatable bonds is 4. The van der Waals surface area contributed by atoms with Crippen LogP contribution in [0, 0.1) is 18.3 Å². The van der Waals surface area contributed by atoms with Gasteiger partial charge in [-0.15, -0.1) is 0 Å². The lowest BCUT2D eigenvalue weighted by molar-refractivity contribution is 0.414. The second kappa shape index (κ2) is 5.17. The standard InChI is InChI=1S/C11H14N2O3S/c1-8-6-10(16-3)4-5-11(8)17(14,15)13-9(2)7-12/h4-6,9,13H,1-3H3/t9-/m0/s1. The third kappa shape index (κ3) is 3.19. The van der Waals surface area contributed by atoms with Crippen molar-refractivity contribution in [1.82, 2.24) is 4.72 Å². The zero-order valence-corrected chi connectivity index (χ0v) is 10.7. The quantitative estimate of drug-likeness (QED) is 0.875. The van der Waals surface area contributed by atoms with Gasteiger partial charge in [0, 0.05) is 0 Å². The molecule has 1 aromatic carbocycles. The number of nitriles is 1. The number of hydrogen-bond donors (Lipinski definition) is 1. The van der Waals surface area contributed by atoms with E-state index in [-0.39, 0.29) is 4.90 Å². The minimum atomic E-state index is -3.66. The molecule has 5 nitrogen and oxygen atoms in total. The van der Waals surface area contributed by atoms with Crippen molar-refractivity contribution in [3.63, 3.8) is 0 Å². The van der Waals surface area contributed by atoms with Crippen LogP contribution in [-0.2, 0) is 10.0 Å². The summed E-state index contributed by atoms with van der Waals surface area (Å²) in [4.78, 5) is 0.153. The highest BCUT2D eigenvalue weighted by molar-refractivity contribution is 7.89. The average Bonchev–Trinajstić information content (AvgIpc) is 2.27. The number of sulfonamides is 1. The molecule has 1 aromatic rings. The molecule has 1 rings (SSSR count). The Hall–Kier alpha value is -1.58. The Labute approximate surface area is 101 Å². The zero-order chi connectivity index (χ0) is 13.1. The fourth-order valence-electron chi connectivity index (χ4n) is 1.37. The van der Waals surface area contributed by atoms with Crippen LogP contribution in [0.2, 0.25) is 0 Å². The van der Waals surface area contributed by atoms with Gasteiger partial charge in [-0.1, -0.05) is 0 Å². The molecule has 0 aliphatic heterocycles. The summed E-state index contributed by atoms with van der Waals surface area (Å²) >= 11 is 0. The van der Waals surface area contributed by atoms with Crippen LogP contribution in [0.5, 0.6) is 5.75 Å². The van der Waals surface area contributed by atoms with Crippen LogP contribution < -0.4 is 9.46 Å². The molecule has 0 radical (unpaired) electrons. The molecular formula is C11H14N2O3S. The molecule has 1 atom stereocenters. The Kier molecular flexibility index (Phi) is 4.10. The fourth-order valence-corrected chi connectivity index (χ4v) is 2.75. The largest absolute Gasteiger partial charge is 0.497 e. The fraction of sp³-hybridized carbons (Fsp3) is 0.364. The number of methoxy groups -OCH3 is 1. The first kappa shape index (κ1) is 13.5. The third-order valence-electron chi connectivity index (χ3n) is 2.20. The van der Waals surface area contributed by atoms with Crippen molar-refractivity contribution in [3.8, 4) is 11.8 Å². The lowest BCUT2D eigenvalue weighted by Gasteiger charge is -2.11. The maximum absolute atomic E-state index is 11.9. The van der Waals surface area contributed by atoms with Crippen molar-refractivity contribution < 1.29 is 13.2 Å². The molecule has 0 aliphatic carbocycles. The molecule has 0 heterocycles. The Bertz CT molecular complexity index is 546. The van der Waals surface area contributed by atoms with Gasteiger partial charge in [-0.05, 0) is 37.6 Å². The van der Waals surface area contributed by atoms with Gasteiger partial charge in [-0.25, -0.2) is 8.42 Å². The van der Waals surface area contributed by atoms with E-state index in [2.05, 4.69) is 4.72 Å². The second-order valence-electron chi connectivity index (χ2n) is 3.60. The van der Waals surface area contributed by atoms with E-state index in [0.717, 1.165) is 0 Å². The van der Waals surface area contributed by atoms with E-state index in [1.807, 2.05) is 6.07 Å². The Morgan fingerprint density at radius 3 is 2.59 bits per heavy atom. The Morgan fingerprint density at radius 1 is 1.47 bits per heavy atom. The highest BCUT2D eigenvalue weighted by Gasteiger charge is 2.19. The predicted octanol–water partition coefficient (Wildman–Crippen LogP) is 1.19. The number of nitrogens with one attached hydrogen (secondary N) is 1. The van der Waals surface area contributed by atoms with Crippen molar-refractivity contribution in [3.05, 3.63) is 23.8 Å². The van der Waals surface area contributed by atoms with E-state index in [1.165, 1.54) is 20.1 Å². The van der Waals surface area contributed by atoms with E-state index in [9.17, 15) is 8.42 Å². The molecule has 0 unspecified atom stereocenters. The first-order chi connectivity index (χ1) is 7.90. The van der Waals surface area contributed by atoms with E-state index in [0.29, 0.717) is 11.3 Å². The molecule has 0 saturated carbocycles. The summed E-state index contributed by atoms with van der Waals surface area (Å²) in [5.41, 5.74) is 0.571. The van der Waals surface area contributed by atoms with Crippen LogP contribution in [0.1, 0.15) is 12.5 Å². The summed E-state index contributed by atoms with van der Waals surface area (Å²) in [6.07, 6.45) is 0. The summed E-state index contributed by atoms with van der Waals surface area (Å²) in [6.45, 7) is 3.16. The maximum Gasteiger partial charge on any atom is 0.241 e. The molecule has 0 spiro atoms. The predicted molar refractivity (Wildman–Crippen MR) is 63.1 cm³/mol. The summed E-state index contributed by atoms with van der Waals surface area (Å²) in [5.74, 6) is 0.592. The molecule has 92 valence electrons. The maximum atomic E-state index is 11.9. The lowest BCUT2D eigenvalue weighted by atomic mass is 10.2. The van der Waals surface area contributed by atoms with Gasteiger partial charge < -0.3 is 4.74 Å². The summed E-state index contributed by atoms with van der Waals surface area (Å²) in [5, 5.41) is 8.60. The van der Waals surface area contributed by atoms with Crippen LogP contribution in [-0.4, -0.2) is 21.6 Å². The van der Waals surface area contributed by atoms with Crippen molar-refractivity contribution in [1.29, 1.82) is 5.26 Å². The monoisotopic (exact) mass is 254 g/mol. The van der Waals surface area contributed by atoms with Crippen LogP contribution in [0.3, 0.4) is 0 Å². The minimum absolute atomic E-state index is 0.153. The first-order valence-corrected chi connectivity index (χ1v) is 6.45. The van der Waals surface area contributed by atoms with Gasteiger partial charge in [0.25, 0.3) is 0 Å². The molecular weight excluding hydrogens is 240 g/mol. The van der Waals surface area contributed by atoms with Crippen molar-refractivity contribution >= 4 is 10.0 Å². The summed E-state index contributed by atoms with van der Waals surface area (Å²) in [6, 6.07) is 5.71. The number of ether oxygens (including phenoxy) is 1. The summed E-state index contributed by atoms with van der Waals surface area (Å²) < 4.78 is 31.1. The molecule has 6 heteroatoms. The molecule has 0 aliphatic rings. The van der Waals surface area contributed by atoms with Gasteiger partial charge in [0.15, 0.2) is 0 Å². The minimum Gasteiger partial charge on any atom is -0.497 e. The molecule has 0 aromatic heterocycles. The highest BCUT2D eigenvalue weighted by atomic mass is 32.2. The van der Waals surface area contributed by atoms with Crippen LogP contribution in [0.4, 0.5) is 0 Å². The summed E-state index contributed by atoms with van der Waals surface area (Å²) in [7, 11) is -2.14. The van der Waals surface area contributed by atoms with E-state index in [4.69, 9.17) is 10.00 Å². The third-order valence-corrected chi connectivity index (χ3v) is 3.90. The normalized spacial score (nSPS) is 12.8. The van der Waals surface area contributed by atoms with Gasteiger partial charge >= 0.3 is 0 Å². The molecule has 17 heavy (non-hydrogen) atoms. The van der Waals surface area contributed by atoms with Gasteiger partial charge in [0.2, 0.25) is 10.0 Å². The average molecular weight is 254 g/mol. The molecule has 0 amide bonds. The number of nitrogens with zero attached hydrogens (tertiary/aromatic N) is 1. The van der Waals surface area contributed by atoms with Gasteiger partial charge in [0.05, 0.1) is 18.1 Å². The molecule has 0 bridgehead atoms. The highest BCUT2D eigenvalue weighted by Crippen LogP contribution is 2.20. The van der Waals surface area contributed by atoms with Gasteiger partial charge in [-0.3, -0.25) is 0 Å². The van der Waals surface area contributed by atoms with Crippen LogP contribution in [0.25, 0.3) is 0 Å². The van der Waals surface area contributed by atoms with E-state index < -0.39 is 16.1 Å². The van der Waals surface area contributed by atoms with Gasteiger partial charge in [0.1, 0.15) is 11.8 Å². The molecule has 0 fully saturated rings. The SMILES string of the molecule is COc1ccc(S(=O)(=O)N[C@@H](C)C#N)c(C)c1. The second-order valence-corrected chi connectivity index (χ2v) is 5.29. The Morgan fingerprint density at radius 2 is 2.12 bits per heavy atom. The van der Waals surface area contributed by atoms with E-state index >= 15 is 0 Å². The molecule has 1 N–H and O–H groups in total. The Balaban J connectivity index is 3.13. The number of hydrogen-bond acceptors (Lipinski definition) is 4. The molecule has 0 saturated heterocycles. The van der Waals surface area contributed by atoms with Crippen molar-refractivity contribution in [2.45, 2.75) is 24.8 Å². The van der Waals surface area contributed by atoms with Crippen molar-refractivity contribution in [2.24, 2.45) is 0 Å². The number of aryl methyl sites for hydroxylation is 1. The zero-order valence-electron chi connectivity index (χ0n) is 9.89. The van der Waals surface area contributed by atoms with Gasteiger partial charge in [-0.2, -0.15) is 9.98 Å². The van der Waals surface area contributed by atoms with Crippen LogP contribution in [0.15, 0.2) is 23.1 Å². The topological polar surface area (TPSA) is 79.2 Å². The van der Waals surface area contributed by atoms with E-state index in [1.54, 1.807) is 19.1 Å². The smallest absolute Gasteiger partial charge is 0.241 e. The lowest BCUT2D eigenvalue weighted by Crippen LogP contribution is -2.31. The number of benzene rings is 1. The van der Waals surface area contributed by atoms with Crippen molar-refractivity contribution in [2.75, 3.05) is 7.11 Å².